The average molecular weight is 221 g/mol. The number of aromatic amines is 2. The SMILES string of the molecule is O=c1[nH]nc(-c2c(O)cccc2O)c(=O)[nH]1. The molecule has 0 radical (unpaired) electrons. The van der Waals surface area contributed by atoms with Crippen molar-refractivity contribution in [1.29, 1.82) is 0 Å². The summed E-state index contributed by atoms with van der Waals surface area (Å²) in [5.74, 6) is -0.602. The van der Waals surface area contributed by atoms with Crippen molar-refractivity contribution >= 4 is 0 Å². The van der Waals surface area contributed by atoms with Crippen LogP contribution in [0.1, 0.15) is 0 Å². The molecule has 0 fully saturated rings. The second kappa shape index (κ2) is 3.54. The van der Waals surface area contributed by atoms with Crippen molar-refractivity contribution in [3.8, 4) is 22.8 Å². The fourth-order valence-electron chi connectivity index (χ4n) is 1.29. The number of hydrogen-bond acceptors (Lipinski definition) is 5. The zero-order valence-electron chi connectivity index (χ0n) is 7.89. The van der Waals surface area contributed by atoms with E-state index in [0.717, 1.165) is 0 Å². The second-order valence-electron chi connectivity index (χ2n) is 3.03. The largest absolute Gasteiger partial charge is 0.507 e. The van der Waals surface area contributed by atoms with Gasteiger partial charge in [0.15, 0.2) is 5.69 Å². The molecule has 1 heterocycles. The summed E-state index contributed by atoms with van der Waals surface area (Å²) in [6.07, 6.45) is 0. The minimum Gasteiger partial charge on any atom is -0.507 e. The van der Waals surface area contributed by atoms with Crippen LogP contribution >= 0.6 is 0 Å². The number of H-pyrrole nitrogens is 2. The molecule has 0 saturated carbocycles. The Morgan fingerprint density at radius 2 is 1.75 bits per heavy atom. The van der Waals surface area contributed by atoms with Gasteiger partial charge in [0.05, 0.1) is 5.56 Å². The molecular weight excluding hydrogens is 214 g/mol. The smallest absolute Gasteiger partial charge is 0.342 e. The molecule has 4 N–H and O–H groups in total. The van der Waals surface area contributed by atoms with Crippen molar-refractivity contribution in [1.82, 2.24) is 15.2 Å². The second-order valence-corrected chi connectivity index (χ2v) is 3.03. The standard InChI is InChI=1S/C9H7N3O4/c13-4-2-1-3-5(14)6(4)7-8(15)10-9(16)12-11-7/h1-3,13-14H,(H2,10,12,15,16). The Bertz CT molecular complexity index is 623. The highest BCUT2D eigenvalue weighted by atomic mass is 16.3. The maximum absolute atomic E-state index is 11.4. The summed E-state index contributed by atoms with van der Waals surface area (Å²) >= 11 is 0. The first-order valence-electron chi connectivity index (χ1n) is 4.30. The Balaban J connectivity index is 2.78. The summed E-state index contributed by atoms with van der Waals surface area (Å²) in [4.78, 5) is 24.1. The molecule has 0 aliphatic rings. The highest BCUT2D eigenvalue weighted by Gasteiger charge is 2.14. The first-order valence-corrected chi connectivity index (χ1v) is 4.30. The van der Waals surface area contributed by atoms with E-state index in [9.17, 15) is 19.8 Å². The van der Waals surface area contributed by atoms with Gasteiger partial charge in [0.2, 0.25) is 0 Å². The molecule has 2 rings (SSSR count). The third-order valence-corrected chi connectivity index (χ3v) is 1.97. The molecule has 1 aromatic heterocycles. The van der Waals surface area contributed by atoms with Gasteiger partial charge in [0.25, 0.3) is 5.56 Å². The lowest BCUT2D eigenvalue weighted by molar-refractivity contribution is 0.453. The minimum absolute atomic E-state index is 0.125. The van der Waals surface area contributed by atoms with Crippen molar-refractivity contribution < 1.29 is 10.2 Å². The molecule has 16 heavy (non-hydrogen) atoms. The predicted molar refractivity (Wildman–Crippen MR) is 54.2 cm³/mol. The van der Waals surface area contributed by atoms with Crippen LogP contribution in [0.2, 0.25) is 0 Å². The number of benzene rings is 1. The van der Waals surface area contributed by atoms with E-state index < -0.39 is 11.2 Å². The van der Waals surface area contributed by atoms with E-state index in [0.29, 0.717) is 0 Å². The molecule has 7 nitrogen and oxygen atoms in total. The number of hydrogen-bond donors (Lipinski definition) is 4. The summed E-state index contributed by atoms with van der Waals surface area (Å²) < 4.78 is 0. The van der Waals surface area contributed by atoms with Crippen LogP contribution in [0, 0.1) is 0 Å². The van der Waals surface area contributed by atoms with Gasteiger partial charge < -0.3 is 10.2 Å². The van der Waals surface area contributed by atoms with Gasteiger partial charge in [0, 0.05) is 0 Å². The quantitative estimate of drug-likeness (QED) is 0.519. The zero-order chi connectivity index (χ0) is 11.7. The lowest BCUT2D eigenvalue weighted by Gasteiger charge is -2.04. The number of aromatic nitrogens is 3. The Morgan fingerprint density at radius 3 is 2.31 bits per heavy atom. The summed E-state index contributed by atoms with van der Waals surface area (Å²) in [6, 6.07) is 4.00. The Kier molecular flexibility index (Phi) is 2.20. The Labute approximate surface area is 88.0 Å². The Hall–Kier alpha value is -2.57. The van der Waals surface area contributed by atoms with Crippen LogP contribution in [-0.4, -0.2) is 25.4 Å². The van der Waals surface area contributed by atoms with Gasteiger partial charge in [-0.2, -0.15) is 5.10 Å². The fraction of sp³-hybridized carbons (Fsp3) is 0. The average Bonchev–Trinajstić information content (AvgIpc) is 2.20. The molecule has 7 heteroatoms. The van der Waals surface area contributed by atoms with Gasteiger partial charge in [-0.1, -0.05) is 6.07 Å². The Morgan fingerprint density at radius 1 is 1.12 bits per heavy atom. The number of aromatic hydroxyl groups is 2. The summed E-state index contributed by atoms with van der Waals surface area (Å²) in [5.41, 5.74) is -1.93. The molecule has 0 aliphatic heterocycles. The fourth-order valence-corrected chi connectivity index (χ4v) is 1.29. The van der Waals surface area contributed by atoms with Gasteiger partial charge in [-0.3, -0.25) is 9.78 Å². The molecule has 0 atom stereocenters. The summed E-state index contributed by atoms with van der Waals surface area (Å²) in [7, 11) is 0. The molecule has 1 aromatic carbocycles. The molecule has 0 bridgehead atoms. The van der Waals surface area contributed by atoms with E-state index in [1.54, 1.807) is 0 Å². The van der Waals surface area contributed by atoms with Crippen molar-refractivity contribution in [3.63, 3.8) is 0 Å². The van der Waals surface area contributed by atoms with Gasteiger partial charge in [-0.15, -0.1) is 0 Å². The highest BCUT2D eigenvalue weighted by molar-refractivity contribution is 5.72. The van der Waals surface area contributed by atoms with E-state index in [2.05, 4.69) is 5.10 Å². The number of phenols is 2. The molecule has 82 valence electrons. The predicted octanol–water partition coefficient (Wildman–Crippen LogP) is -0.464. The third-order valence-electron chi connectivity index (χ3n) is 1.97. The zero-order valence-corrected chi connectivity index (χ0v) is 7.89. The maximum Gasteiger partial charge on any atom is 0.342 e. The number of nitrogens with one attached hydrogen (secondary N) is 2. The molecular formula is C9H7N3O4. The van der Waals surface area contributed by atoms with Crippen LogP contribution in [0.15, 0.2) is 27.8 Å². The number of rotatable bonds is 1. The van der Waals surface area contributed by atoms with Gasteiger partial charge in [0.1, 0.15) is 11.5 Å². The first kappa shape index (κ1) is 9.97. The van der Waals surface area contributed by atoms with E-state index >= 15 is 0 Å². The van der Waals surface area contributed by atoms with Gasteiger partial charge in [-0.05, 0) is 12.1 Å². The van der Waals surface area contributed by atoms with E-state index in [1.165, 1.54) is 18.2 Å². The number of nitrogens with zero attached hydrogens (tertiary/aromatic N) is 1. The number of phenolic OH excluding ortho intramolecular Hbond substituents is 2. The minimum atomic E-state index is -0.791. The van der Waals surface area contributed by atoms with Crippen LogP contribution in [0.5, 0.6) is 11.5 Å². The lowest BCUT2D eigenvalue weighted by Crippen LogP contribution is -2.25. The molecule has 0 amide bonds. The lowest BCUT2D eigenvalue weighted by atomic mass is 10.1. The molecule has 2 aromatic rings. The first-order chi connectivity index (χ1) is 7.59. The summed E-state index contributed by atoms with van der Waals surface area (Å²) in [5, 5.41) is 24.5. The molecule has 0 spiro atoms. The van der Waals surface area contributed by atoms with Crippen molar-refractivity contribution in [2.24, 2.45) is 0 Å². The van der Waals surface area contributed by atoms with Gasteiger partial charge in [-0.25, -0.2) is 9.89 Å². The molecule has 0 unspecified atom stereocenters. The summed E-state index contributed by atoms with van der Waals surface area (Å²) in [6.45, 7) is 0. The maximum atomic E-state index is 11.4. The van der Waals surface area contributed by atoms with Crippen LogP contribution < -0.4 is 11.2 Å². The highest BCUT2D eigenvalue weighted by Crippen LogP contribution is 2.33. The van der Waals surface area contributed by atoms with Crippen LogP contribution in [0.4, 0.5) is 0 Å². The van der Waals surface area contributed by atoms with E-state index in [4.69, 9.17) is 0 Å². The van der Waals surface area contributed by atoms with Crippen LogP contribution in [-0.2, 0) is 0 Å². The van der Waals surface area contributed by atoms with Crippen LogP contribution in [0.25, 0.3) is 11.3 Å². The topological polar surface area (TPSA) is 119 Å². The van der Waals surface area contributed by atoms with Crippen molar-refractivity contribution in [2.45, 2.75) is 0 Å². The van der Waals surface area contributed by atoms with Gasteiger partial charge >= 0.3 is 5.69 Å². The van der Waals surface area contributed by atoms with E-state index in [-0.39, 0.29) is 22.8 Å². The monoisotopic (exact) mass is 221 g/mol. The molecule has 0 aliphatic carbocycles. The normalized spacial score (nSPS) is 10.2. The third kappa shape index (κ3) is 1.54. The molecule has 0 saturated heterocycles. The van der Waals surface area contributed by atoms with Crippen molar-refractivity contribution in [2.75, 3.05) is 0 Å². The van der Waals surface area contributed by atoms with E-state index in [1.807, 2.05) is 10.1 Å². The van der Waals surface area contributed by atoms with Crippen molar-refractivity contribution in [3.05, 3.63) is 39.0 Å². The van der Waals surface area contributed by atoms with Crippen LogP contribution in [0.3, 0.4) is 0 Å².